The maximum absolute atomic E-state index is 13.2. The standard InChI is InChI=1S/C27H34ClN5O5/c1-5-6-7-12-32-22(30-13-14-31(21(17-30)24(35)36)26(37)38-27(2,3)4)15-23(34)33-16-20(29-25(32)33)18-8-10-19(28)11-9-18/h8-11,15-16,21H,5-7,12-14,17H2,1-4H3,(H,35,36). The van der Waals surface area contributed by atoms with Gasteiger partial charge in [0.25, 0.3) is 5.56 Å². The molecule has 1 atom stereocenters. The fourth-order valence-corrected chi connectivity index (χ4v) is 4.71. The Morgan fingerprint density at radius 3 is 2.50 bits per heavy atom. The summed E-state index contributed by atoms with van der Waals surface area (Å²) in [6.45, 7) is 8.44. The normalized spacial score (nSPS) is 16.2. The molecule has 38 heavy (non-hydrogen) atoms. The number of halogens is 1. The number of carboxylic acids is 1. The number of anilines is 1. The number of fused-ring (bicyclic) bond motifs is 1. The predicted molar refractivity (Wildman–Crippen MR) is 146 cm³/mol. The SMILES string of the molecule is CCCCCn1c(N2CCN(C(=O)OC(C)(C)C)C(C(=O)O)C2)cc(=O)n2cc(-c3ccc(Cl)cc3)nc12. The highest BCUT2D eigenvalue weighted by Crippen LogP contribution is 2.26. The second-order valence-electron chi connectivity index (χ2n) is 10.5. The largest absolute Gasteiger partial charge is 0.480 e. The van der Waals surface area contributed by atoms with Crippen LogP contribution in [0.4, 0.5) is 10.6 Å². The molecule has 1 amide bonds. The molecule has 2 aromatic heterocycles. The zero-order valence-electron chi connectivity index (χ0n) is 22.2. The first-order valence-corrected chi connectivity index (χ1v) is 13.2. The highest BCUT2D eigenvalue weighted by atomic mass is 35.5. The zero-order valence-corrected chi connectivity index (χ0v) is 22.9. The predicted octanol–water partition coefficient (Wildman–Crippen LogP) is 4.52. The highest BCUT2D eigenvalue weighted by Gasteiger charge is 2.38. The minimum Gasteiger partial charge on any atom is -0.480 e. The summed E-state index contributed by atoms with van der Waals surface area (Å²) in [5.74, 6) is -0.0655. The fraction of sp³-hybridized carbons (Fsp3) is 0.481. The van der Waals surface area contributed by atoms with Crippen LogP contribution in [-0.2, 0) is 16.1 Å². The van der Waals surface area contributed by atoms with Gasteiger partial charge in [-0.2, -0.15) is 0 Å². The van der Waals surface area contributed by atoms with E-state index in [2.05, 4.69) is 6.92 Å². The number of nitrogens with zero attached hydrogens (tertiary/aromatic N) is 5. The lowest BCUT2D eigenvalue weighted by Gasteiger charge is -2.41. The van der Waals surface area contributed by atoms with E-state index < -0.39 is 23.7 Å². The molecular formula is C27H34ClN5O5. The van der Waals surface area contributed by atoms with Gasteiger partial charge in [-0.3, -0.25) is 18.7 Å². The molecule has 1 aromatic carbocycles. The summed E-state index contributed by atoms with van der Waals surface area (Å²) in [5, 5.41) is 10.6. The van der Waals surface area contributed by atoms with Gasteiger partial charge in [-0.05, 0) is 39.3 Å². The lowest BCUT2D eigenvalue weighted by molar-refractivity contribution is -0.143. The summed E-state index contributed by atoms with van der Waals surface area (Å²) in [5.41, 5.74) is 0.454. The molecule has 0 aliphatic carbocycles. The molecule has 0 spiro atoms. The van der Waals surface area contributed by atoms with Crippen molar-refractivity contribution in [1.29, 1.82) is 0 Å². The van der Waals surface area contributed by atoms with Crippen molar-refractivity contribution in [1.82, 2.24) is 18.9 Å². The Morgan fingerprint density at radius 2 is 1.87 bits per heavy atom. The van der Waals surface area contributed by atoms with Gasteiger partial charge >= 0.3 is 12.1 Å². The average Bonchev–Trinajstić information content (AvgIpc) is 3.30. The van der Waals surface area contributed by atoms with Crippen LogP contribution in [0.2, 0.25) is 5.02 Å². The third-order valence-corrected chi connectivity index (χ3v) is 6.69. The van der Waals surface area contributed by atoms with Crippen molar-refractivity contribution >= 4 is 35.3 Å². The van der Waals surface area contributed by atoms with Crippen LogP contribution in [0.15, 0.2) is 41.3 Å². The van der Waals surface area contributed by atoms with Gasteiger partial charge in [0.1, 0.15) is 17.5 Å². The zero-order chi connectivity index (χ0) is 27.6. The molecule has 3 aromatic rings. The summed E-state index contributed by atoms with van der Waals surface area (Å²) in [4.78, 5) is 46.1. The number of carboxylic acid groups (broad SMARTS) is 1. The van der Waals surface area contributed by atoms with Crippen LogP contribution < -0.4 is 10.5 Å². The van der Waals surface area contributed by atoms with E-state index in [1.165, 1.54) is 15.4 Å². The number of hydrogen-bond donors (Lipinski definition) is 1. The summed E-state index contributed by atoms with van der Waals surface area (Å²) in [7, 11) is 0. The summed E-state index contributed by atoms with van der Waals surface area (Å²) < 4.78 is 8.93. The molecule has 1 unspecified atom stereocenters. The molecule has 10 nitrogen and oxygen atoms in total. The van der Waals surface area contributed by atoms with Crippen molar-refractivity contribution in [2.24, 2.45) is 0 Å². The highest BCUT2D eigenvalue weighted by molar-refractivity contribution is 6.30. The van der Waals surface area contributed by atoms with Crippen molar-refractivity contribution < 1.29 is 19.4 Å². The minimum absolute atomic E-state index is 0.0166. The molecule has 0 radical (unpaired) electrons. The van der Waals surface area contributed by atoms with Gasteiger partial charge in [-0.1, -0.05) is 43.5 Å². The van der Waals surface area contributed by atoms with Gasteiger partial charge in [-0.25, -0.2) is 14.6 Å². The number of rotatable bonds is 7. The number of carbonyl (C=O) groups is 2. The number of imidazole rings is 1. The average molecular weight is 544 g/mol. The molecule has 1 fully saturated rings. The van der Waals surface area contributed by atoms with Gasteiger partial charge in [0, 0.05) is 42.5 Å². The van der Waals surface area contributed by atoms with Crippen LogP contribution in [0.5, 0.6) is 0 Å². The Labute approximate surface area is 226 Å². The third kappa shape index (κ3) is 5.96. The number of aliphatic carboxylic acids is 1. The Kier molecular flexibility index (Phi) is 8.01. The number of unbranched alkanes of at least 4 members (excludes halogenated alkanes) is 2. The molecule has 0 bridgehead atoms. The molecule has 1 saturated heterocycles. The molecule has 3 heterocycles. The molecule has 1 aliphatic rings. The van der Waals surface area contributed by atoms with Crippen LogP contribution in [0, 0.1) is 0 Å². The van der Waals surface area contributed by atoms with Crippen molar-refractivity contribution in [2.75, 3.05) is 24.5 Å². The Balaban J connectivity index is 1.73. The van der Waals surface area contributed by atoms with Gasteiger partial charge < -0.3 is 14.7 Å². The number of ether oxygens (including phenoxy) is 1. The minimum atomic E-state index is -1.13. The lowest BCUT2D eigenvalue weighted by atomic mass is 10.1. The molecule has 11 heteroatoms. The molecule has 4 rings (SSSR count). The van der Waals surface area contributed by atoms with Crippen LogP contribution in [0.25, 0.3) is 17.0 Å². The Bertz CT molecular complexity index is 1380. The second-order valence-corrected chi connectivity index (χ2v) is 10.9. The number of aryl methyl sites for hydroxylation is 1. The fourth-order valence-electron chi connectivity index (χ4n) is 4.58. The Morgan fingerprint density at radius 1 is 1.16 bits per heavy atom. The van der Waals surface area contributed by atoms with E-state index in [-0.39, 0.29) is 18.6 Å². The van der Waals surface area contributed by atoms with E-state index in [1.807, 2.05) is 21.6 Å². The number of piperazine rings is 1. The lowest BCUT2D eigenvalue weighted by Crippen LogP contribution is -2.59. The van der Waals surface area contributed by atoms with Gasteiger partial charge in [0.15, 0.2) is 0 Å². The van der Waals surface area contributed by atoms with E-state index in [0.29, 0.717) is 35.4 Å². The first-order valence-electron chi connectivity index (χ1n) is 12.8. The van der Waals surface area contributed by atoms with Crippen LogP contribution in [0.3, 0.4) is 0 Å². The van der Waals surface area contributed by atoms with Gasteiger partial charge in [0.2, 0.25) is 5.78 Å². The number of aromatic nitrogens is 3. The van der Waals surface area contributed by atoms with E-state index in [4.69, 9.17) is 21.3 Å². The maximum Gasteiger partial charge on any atom is 0.411 e. The number of carbonyl (C=O) groups excluding carboxylic acids is 1. The molecule has 204 valence electrons. The molecule has 0 saturated carbocycles. The maximum atomic E-state index is 13.2. The quantitative estimate of drug-likeness (QED) is 0.436. The van der Waals surface area contributed by atoms with Crippen molar-refractivity contribution in [3.05, 3.63) is 51.9 Å². The number of amides is 1. The first kappa shape index (κ1) is 27.5. The smallest absolute Gasteiger partial charge is 0.411 e. The van der Waals surface area contributed by atoms with Crippen molar-refractivity contribution in [3.8, 4) is 11.3 Å². The van der Waals surface area contributed by atoms with E-state index in [9.17, 15) is 19.5 Å². The molecule has 1 aliphatic heterocycles. The summed E-state index contributed by atoms with van der Waals surface area (Å²) >= 11 is 6.04. The first-order chi connectivity index (χ1) is 18.0. The van der Waals surface area contributed by atoms with Gasteiger partial charge in [-0.15, -0.1) is 0 Å². The Hall–Kier alpha value is -3.53. The number of benzene rings is 1. The van der Waals surface area contributed by atoms with Crippen LogP contribution >= 0.6 is 11.6 Å². The third-order valence-electron chi connectivity index (χ3n) is 6.44. The van der Waals surface area contributed by atoms with Crippen LogP contribution in [0.1, 0.15) is 47.0 Å². The van der Waals surface area contributed by atoms with Crippen LogP contribution in [-0.4, -0.2) is 67.3 Å². The summed E-state index contributed by atoms with van der Waals surface area (Å²) in [6.07, 6.45) is 3.92. The molecular weight excluding hydrogens is 510 g/mol. The van der Waals surface area contributed by atoms with E-state index in [0.717, 1.165) is 24.8 Å². The van der Waals surface area contributed by atoms with Crippen molar-refractivity contribution in [3.63, 3.8) is 0 Å². The number of hydrogen-bond acceptors (Lipinski definition) is 6. The van der Waals surface area contributed by atoms with Crippen molar-refractivity contribution in [2.45, 2.75) is 65.1 Å². The van der Waals surface area contributed by atoms with Gasteiger partial charge in [0.05, 0.1) is 12.2 Å². The van der Waals surface area contributed by atoms with E-state index >= 15 is 0 Å². The summed E-state index contributed by atoms with van der Waals surface area (Å²) in [6, 6.07) is 7.65. The molecule has 1 N–H and O–H groups in total. The second kappa shape index (κ2) is 11.1. The topological polar surface area (TPSA) is 109 Å². The van der Waals surface area contributed by atoms with E-state index in [1.54, 1.807) is 39.1 Å². The monoisotopic (exact) mass is 543 g/mol.